The number of nitrogens with zero attached hydrogens (tertiary/aromatic N) is 4. The van der Waals surface area contributed by atoms with Crippen LogP contribution in [0.15, 0.2) is 55.3 Å². The van der Waals surface area contributed by atoms with E-state index in [2.05, 4.69) is 22.9 Å². The van der Waals surface area contributed by atoms with E-state index in [4.69, 9.17) is 10.5 Å². The highest BCUT2D eigenvalue weighted by atomic mass is 19.4. The zero-order valence-electron chi connectivity index (χ0n) is 24.5. The Labute approximate surface area is 251 Å². The average Bonchev–Trinajstić information content (AvgIpc) is 3.29. The van der Waals surface area contributed by atoms with Crippen molar-refractivity contribution in [3.63, 3.8) is 0 Å². The Morgan fingerprint density at radius 3 is 2.52 bits per heavy atom. The third-order valence-electron chi connectivity index (χ3n) is 6.85. The minimum atomic E-state index is -4.58. The second-order valence-corrected chi connectivity index (χ2v) is 10.2. The lowest BCUT2D eigenvalue weighted by molar-refractivity contribution is -0.123. The molecule has 2 amide bonds. The molecule has 0 unspecified atom stereocenters. The van der Waals surface area contributed by atoms with E-state index in [1.807, 2.05) is 34.9 Å². The summed E-state index contributed by atoms with van der Waals surface area (Å²) < 4.78 is 45.5. The first-order valence-corrected chi connectivity index (χ1v) is 13.2. The fourth-order valence-corrected chi connectivity index (χ4v) is 5.04. The number of aryl methyl sites for hydroxylation is 1. The van der Waals surface area contributed by atoms with Crippen molar-refractivity contribution in [1.29, 1.82) is 5.26 Å². The Hall–Kier alpha value is -5.35. The van der Waals surface area contributed by atoms with Gasteiger partial charge in [0.1, 0.15) is 24.2 Å². The number of carbonyl (C=O) groups is 2. The van der Waals surface area contributed by atoms with Crippen molar-refractivity contribution in [3.8, 4) is 34.2 Å². The largest absolute Gasteiger partial charge is 0.496 e. The van der Waals surface area contributed by atoms with E-state index in [1.54, 1.807) is 25.2 Å². The number of hydrogen-bond donors (Lipinski definition) is 3. The number of benzene rings is 2. The number of methoxy groups -OCH3 is 1. The van der Waals surface area contributed by atoms with Gasteiger partial charge in [0.25, 0.3) is 5.91 Å². The molecule has 2 heterocycles. The van der Waals surface area contributed by atoms with Crippen molar-refractivity contribution in [2.45, 2.75) is 12.7 Å². The summed E-state index contributed by atoms with van der Waals surface area (Å²) in [5, 5.41) is 15.1. The first-order valence-electron chi connectivity index (χ1n) is 13.2. The number of anilines is 2. The zero-order valence-corrected chi connectivity index (χ0v) is 24.5. The van der Waals surface area contributed by atoms with Crippen LogP contribution in [-0.4, -0.2) is 60.2 Å². The Bertz CT molecular complexity index is 1820. The van der Waals surface area contributed by atoms with Gasteiger partial charge < -0.3 is 30.6 Å². The van der Waals surface area contributed by atoms with Crippen molar-refractivity contribution in [2.75, 3.05) is 38.8 Å². The van der Waals surface area contributed by atoms with Crippen LogP contribution in [0.25, 0.3) is 33.3 Å². The summed E-state index contributed by atoms with van der Waals surface area (Å²) in [5.41, 5.74) is 10.9. The summed E-state index contributed by atoms with van der Waals surface area (Å²) >= 11 is 0. The van der Waals surface area contributed by atoms with Crippen molar-refractivity contribution in [2.24, 2.45) is 7.05 Å². The molecule has 0 fully saturated rings. The Kier molecular flexibility index (Phi) is 8.96. The van der Waals surface area contributed by atoms with E-state index in [0.717, 1.165) is 5.56 Å². The second-order valence-electron chi connectivity index (χ2n) is 10.2. The standard InChI is InChI=1S/C31H30F3N7O3/c1-6-24(42)39-22-10-8-18(11-19(22)15-40(2)3)27-25(26-28(41(27)4)20(13-35)14-37-29(26)36)17-7-9-21(23(12-17)44-5)30(43)38-16-31(32,33)34/h6-12,14H,1,15-16H2,2-5H3,(H2,36,37)(H,38,43)(H,39,42). The van der Waals surface area contributed by atoms with E-state index < -0.39 is 18.6 Å². The molecule has 2 aromatic heterocycles. The monoisotopic (exact) mass is 605 g/mol. The van der Waals surface area contributed by atoms with Crippen LogP contribution in [0.2, 0.25) is 0 Å². The van der Waals surface area contributed by atoms with Crippen molar-refractivity contribution in [3.05, 3.63) is 71.9 Å². The molecule has 0 spiro atoms. The van der Waals surface area contributed by atoms with Gasteiger partial charge in [-0.2, -0.15) is 18.4 Å². The van der Waals surface area contributed by atoms with Gasteiger partial charge in [-0.25, -0.2) is 4.98 Å². The molecule has 0 atom stereocenters. The predicted octanol–water partition coefficient (Wildman–Crippen LogP) is 4.85. The van der Waals surface area contributed by atoms with E-state index >= 15 is 0 Å². The summed E-state index contributed by atoms with van der Waals surface area (Å²) in [6.45, 7) is 2.49. The van der Waals surface area contributed by atoms with E-state index in [9.17, 15) is 28.0 Å². The lowest BCUT2D eigenvalue weighted by atomic mass is 9.95. The highest BCUT2D eigenvalue weighted by molar-refractivity contribution is 6.11. The number of ether oxygens (including phenoxy) is 1. The third-order valence-corrected chi connectivity index (χ3v) is 6.85. The smallest absolute Gasteiger partial charge is 0.405 e. The van der Waals surface area contributed by atoms with Crippen LogP contribution >= 0.6 is 0 Å². The highest BCUT2D eigenvalue weighted by Crippen LogP contribution is 2.45. The number of pyridine rings is 1. The number of nitrogen functional groups attached to an aromatic ring is 1. The number of aromatic nitrogens is 2. The highest BCUT2D eigenvalue weighted by Gasteiger charge is 2.29. The van der Waals surface area contributed by atoms with Gasteiger partial charge in [-0.3, -0.25) is 9.59 Å². The fourth-order valence-electron chi connectivity index (χ4n) is 5.04. The van der Waals surface area contributed by atoms with Crippen LogP contribution < -0.4 is 21.1 Å². The normalized spacial score (nSPS) is 11.3. The quantitative estimate of drug-likeness (QED) is 0.232. The zero-order chi connectivity index (χ0) is 32.3. The summed E-state index contributed by atoms with van der Waals surface area (Å²) in [6.07, 6.45) is -2.03. The van der Waals surface area contributed by atoms with Crippen molar-refractivity contribution in [1.82, 2.24) is 19.8 Å². The summed E-state index contributed by atoms with van der Waals surface area (Å²) in [4.78, 5) is 30.9. The number of fused-ring (bicyclic) bond motifs is 1. The van der Waals surface area contributed by atoms with E-state index in [-0.39, 0.29) is 28.6 Å². The molecule has 4 rings (SSSR count). The number of rotatable bonds is 9. The number of amides is 2. The van der Waals surface area contributed by atoms with Crippen molar-refractivity contribution < 1.29 is 27.5 Å². The van der Waals surface area contributed by atoms with Gasteiger partial charge in [0, 0.05) is 31.0 Å². The van der Waals surface area contributed by atoms with Gasteiger partial charge in [0.05, 0.1) is 34.8 Å². The Morgan fingerprint density at radius 2 is 1.91 bits per heavy atom. The molecule has 0 aliphatic rings. The molecule has 13 heteroatoms. The Balaban J connectivity index is 2.00. The van der Waals surface area contributed by atoms with Crippen LogP contribution in [-0.2, 0) is 18.4 Å². The minimum absolute atomic E-state index is 0.0314. The van der Waals surface area contributed by atoms with Gasteiger partial charge in [-0.05, 0) is 61.1 Å². The van der Waals surface area contributed by atoms with Crippen molar-refractivity contribution >= 4 is 34.2 Å². The molecule has 0 bridgehead atoms. The number of nitrogens with two attached hydrogens (primary N) is 1. The minimum Gasteiger partial charge on any atom is -0.496 e. The Morgan fingerprint density at radius 1 is 1.20 bits per heavy atom. The van der Waals surface area contributed by atoms with Gasteiger partial charge in [-0.1, -0.05) is 18.7 Å². The number of carbonyl (C=O) groups excluding carboxylic acids is 2. The van der Waals surface area contributed by atoms with Crippen LogP contribution in [0.3, 0.4) is 0 Å². The second kappa shape index (κ2) is 12.5. The molecule has 44 heavy (non-hydrogen) atoms. The maximum Gasteiger partial charge on any atom is 0.405 e. The first kappa shape index (κ1) is 31.6. The lowest BCUT2D eigenvalue weighted by Gasteiger charge is -2.18. The molecule has 10 nitrogen and oxygen atoms in total. The predicted molar refractivity (Wildman–Crippen MR) is 162 cm³/mol. The molecule has 228 valence electrons. The van der Waals surface area contributed by atoms with E-state index in [1.165, 1.54) is 31.5 Å². The molecule has 4 aromatic rings. The molecular formula is C31H30F3N7O3. The molecule has 0 saturated heterocycles. The number of halogens is 3. The number of nitrogens with one attached hydrogen (secondary N) is 2. The molecule has 2 aromatic carbocycles. The van der Waals surface area contributed by atoms with Crippen LogP contribution in [0.1, 0.15) is 21.5 Å². The van der Waals surface area contributed by atoms with Gasteiger partial charge in [0.2, 0.25) is 5.91 Å². The summed E-state index contributed by atoms with van der Waals surface area (Å²) in [6, 6.07) is 12.1. The van der Waals surface area contributed by atoms with Gasteiger partial charge in [-0.15, -0.1) is 0 Å². The first-order chi connectivity index (χ1) is 20.8. The van der Waals surface area contributed by atoms with Crippen LogP contribution in [0.5, 0.6) is 5.75 Å². The van der Waals surface area contributed by atoms with Crippen LogP contribution in [0.4, 0.5) is 24.7 Å². The number of nitriles is 1. The molecule has 0 saturated carbocycles. The van der Waals surface area contributed by atoms with Gasteiger partial charge >= 0.3 is 6.18 Å². The van der Waals surface area contributed by atoms with Gasteiger partial charge in [0.15, 0.2) is 0 Å². The third kappa shape index (κ3) is 6.35. The average molecular weight is 606 g/mol. The van der Waals surface area contributed by atoms with Crippen LogP contribution in [0, 0.1) is 11.3 Å². The summed E-state index contributed by atoms with van der Waals surface area (Å²) in [5.74, 6) is -1.15. The summed E-state index contributed by atoms with van der Waals surface area (Å²) in [7, 11) is 6.85. The number of hydrogen-bond acceptors (Lipinski definition) is 7. The molecule has 4 N–H and O–H groups in total. The molecule has 0 radical (unpaired) electrons. The number of alkyl halides is 3. The SMILES string of the molecule is C=CC(=O)Nc1ccc(-c2c(-c3ccc(C(=O)NCC(F)(F)F)c(OC)c3)c3c(N)ncc(C#N)c3n2C)cc1CN(C)C. The maximum atomic E-state index is 12.7. The molecule has 0 aliphatic carbocycles. The molecular weight excluding hydrogens is 575 g/mol. The maximum absolute atomic E-state index is 12.7. The lowest BCUT2D eigenvalue weighted by Crippen LogP contribution is -2.33. The molecule has 0 aliphatic heterocycles. The fraction of sp³-hybridized carbons (Fsp3) is 0.226. The topological polar surface area (TPSA) is 138 Å². The van der Waals surface area contributed by atoms with E-state index in [0.29, 0.717) is 45.5 Å².